The van der Waals surface area contributed by atoms with Gasteiger partial charge in [0.1, 0.15) is 24.2 Å². The smallest absolute Gasteiger partial charge is 0.494 e. The summed E-state index contributed by atoms with van der Waals surface area (Å²) >= 11 is 13.6. The van der Waals surface area contributed by atoms with Crippen LogP contribution in [0, 0.1) is 6.92 Å². The molecule has 5 aromatic carbocycles. The van der Waals surface area contributed by atoms with Crippen LogP contribution in [0.4, 0.5) is 0 Å². The van der Waals surface area contributed by atoms with E-state index in [0.29, 0.717) is 5.46 Å². The van der Waals surface area contributed by atoms with Crippen molar-refractivity contribution in [2.75, 3.05) is 27.4 Å². The van der Waals surface area contributed by atoms with Crippen LogP contribution in [0.2, 0.25) is 10.0 Å². The third-order valence-electron chi connectivity index (χ3n) is 10.0. The van der Waals surface area contributed by atoms with Crippen molar-refractivity contribution in [2.24, 2.45) is 0 Å². The molecule has 0 saturated carbocycles. The largest absolute Gasteiger partial charge is 0.497 e. The van der Waals surface area contributed by atoms with Crippen LogP contribution >= 0.6 is 23.2 Å². The molecular weight excluding hydrogens is 774 g/mol. The van der Waals surface area contributed by atoms with Gasteiger partial charge in [0.2, 0.25) is 0 Å². The number of hydrogen-bond donors (Lipinski definition) is 0. The first-order valence-electron chi connectivity index (χ1n) is 18.1. The summed E-state index contributed by atoms with van der Waals surface area (Å²) in [7, 11) is -1.58. The Morgan fingerprint density at radius 2 is 1.23 bits per heavy atom. The monoisotopic (exact) mass is 818 g/mol. The van der Waals surface area contributed by atoms with Crippen LogP contribution in [0.15, 0.2) is 108 Å². The Morgan fingerprint density at radius 1 is 0.696 bits per heavy atom. The number of ether oxygens (including phenoxy) is 4. The molecule has 0 aromatic heterocycles. The van der Waals surface area contributed by atoms with Gasteiger partial charge in [0, 0.05) is 0 Å². The van der Waals surface area contributed by atoms with Gasteiger partial charge < -0.3 is 28.3 Å². The molecule has 56 heavy (non-hydrogen) atoms. The third-order valence-corrected chi connectivity index (χ3v) is 11.9. The molecule has 5 aromatic rings. The lowest BCUT2D eigenvalue weighted by molar-refractivity contribution is 0.00578. The summed E-state index contributed by atoms with van der Waals surface area (Å²) in [6, 6.07) is 31.5. The van der Waals surface area contributed by atoms with Crippen molar-refractivity contribution in [2.45, 2.75) is 63.4 Å². The average molecular weight is 820 g/mol. The van der Waals surface area contributed by atoms with E-state index in [1.807, 2.05) is 95.3 Å². The minimum Gasteiger partial charge on any atom is -0.497 e. The number of hydrogen-bond acceptors (Lipinski definition) is 9. The summed E-state index contributed by atoms with van der Waals surface area (Å²) in [4.78, 5) is 0.0201. The van der Waals surface area contributed by atoms with Crippen LogP contribution in [0.1, 0.15) is 38.8 Å². The van der Waals surface area contributed by atoms with Gasteiger partial charge in [-0.3, -0.25) is 4.18 Å². The molecule has 6 rings (SSSR count). The van der Waals surface area contributed by atoms with Crippen LogP contribution in [0.3, 0.4) is 0 Å². The predicted molar refractivity (Wildman–Crippen MR) is 221 cm³/mol. The normalized spacial score (nSPS) is 15.4. The van der Waals surface area contributed by atoms with Gasteiger partial charge in [0.15, 0.2) is 5.75 Å². The Kier molecular flexibility index (Phi) is 12.8. The highest BCUT2D eigenvalue weighted by atomic mass is 35.5. The molecule has 1 saturated heterocycles. The Bertz CT molecular complexity index is 2210. The summed E-state index contributed by atoms with van der Waals surface area (Å²) in [6.07, 6.45) is -0.948. The lowest BCUT2D eigenvalue weighted by atomic mass is 9.79. The van der Waals surface area contributed by atoms with E-state index in [1.54, 1.807) is 38.5 Å². The first kappa shape index (κ1) is 41.6. The zero-order valence-corrected chi connectivity index (χ0v) is 34.8. The summed E-state index contributed by atoms with van der Waals surface area (Å²) in [5.74, 6) is 1.64. The van der Waals surface area contributed by atoms with Crippen molar-refractivity contribution in [3.8, 4) is 39.5 Å². The van der Waals surface area contributed by atoms with Crippen LogP contribution in [-0.2, 0) is 35.0 Å². The Hall–Kier alpha value is -4.07. The van der Waals surface area contributed by atoms with Crippen LogP contribution < -0.4 is 19.7 Å². The second kappa shape index (κ2) is 17.2. The number of halogens is 2. The summed E-state index contributed by atoms with van der Waals surface area (Å²) in [5, 5.41) is 0.369. The van der Waals surface area contributed by atoms with Gasteiger partial charge in [-0.25, -0.2) is 0 Å². The molecule has 0 aliphatic carbocycles. The van der Waals surface area contributed by atoms with Gasteiger partial charge >= 0.3 is 7.12 Å². The van der Waals surface area contributed by atoms with Gasteiger partial charge in [-0.2, -0.15) is 8.42 Å². The molecule has 0 unspecified atom stereocenters. The topological polar surface area (TPSA) is 98.8 Å². The number of rotatable bonds is 15. The van der Waals surface area contributed by atoms with Crippen molar-refractivity contribution in [1.29, 1.82) is 0 Å². The molecular formula is C43H45BCl2O9S. The molecule has 1 aliphatic heterocycles. The standard InChI is InChI=1S/C43H45BCl2O9S/c1-28-8-20-37(21-9-28)56(47,48)52-27-36(53-41-39(45)23-33(24-40(41)46)44-54-42(2,3)43(4,5)55-44)26-51-25-32-11-10-31(29-12-16-34(49-6)17-13-29)22-38(32)30-14-18-35(50-7)19-15-30/h8-24,36H,25-27H2,1-7H3/t36-/m1/s1. The molecule has 1 fully saturated rings. The van der Waals surface area contributed by atoms with E-state index >= 15 is 0 Å². The molecule has 9 nitrogen and oxygen atoms in total. The number of benzene rings is 5. The zero-order valence-electron chi connectivity index (χ0n) is 32.4. The summed E-state index contributed by atoms with van der Waals surface area (Å²) in [5.41, 5.74) is 5.20. The fraction of sp³-hybridized carbons (Fsp3) is 0.302. The number of aryl methyl sites for hydroxylation is 1. The van der Waals surface area contributed by atoms with Crippen LogP contribution in [0.25, 0.3) is 22.3 Å². The first-order chi connectivity index (χ1) is 26.6. The predicted octanol–water partition coefficient (Wildman–Crippen LogP) is 9.32. The van der Waals surface area contributed by atoms with Gasteiger partial charge in [-0.1, -0.05) is 77.3 Å². The molecule has 0 bridgehead atoms. The molecule has 1 heterocycles. The van der Waals surface area contributed by atoms with Gasteiger partial charge in [0.25, 0.3) is 10.1 Å². The van der Waals surface area contributed by atoms with Crippen molar-refractivity contribution in [3.05, 3.63) is 124 Å². The van der Waals surface area contributed by atoms with E-state index in [1.165, 1.54) is 12.1 Å². The second-order valence-corrected chi connectivity index (χ2v) is 17.0. The van der Waals surface area contributed by atoms with Crippen molar-refractivity contribution >= 4 is 45.9 Å². The average Bonchev–Trinajstić information content (AvgIpc) is 3.40. The molecule has 0 radical (unpaired) electrons. The minimum atomic E-state index is -4.14. The fourth-order valence-electron chi connectivity index (χ4n) is 6.03. The molecule has 1 aliphatic rings. The maximum absolute atomic E-state index is 13.2. The lowest BCUT2D eigenvalue weighted by Gasteiger charge is -2.32. The highest BCUT2D eigenvalue weighted by molar-refractivity contribution is 7.86. The maximum atomic E-state index is 13.2. The van der Waals surface area contributed by atoms with Gasteiger partial charge in [-0.15, -0.1) is 0 Å². The Morgan fingerprint density at radius 3 is 1.79 bits per heavy atom. The lowest BCUT2D eigenvalue weighted by Crippen LogP contribution is -2.41. The van der Waals surface area contributed by atoms with Crippen molar-refractivity contribution in [1.82, 2.24) is 0 Å². The van der Waals surface area contributed by atoms with Crippen LogP contribution in [-0.4, -0.2) is 60.3 Å². The fourth-order valence-corrected chi connectivity index (χ4v) is 7.56. The first-order valence-corrected chi connectivity index (χ1v) is 20.2. The van der Waals surface area contributed by atoms with E-state index in [9.17, 15) is 8.42 Å². The van der Waals surface area contributed by atoms with E-state index in [2.05, 4.69) is 6.07 Å². The molecule has 0 spiro atoms. The maximum Gasteiger partial charge on any atom is 0.494 e. The van der Waals surface area contributed by atoms with E-state index < -0.39 is 34.5 Å². The van der Waals surface area contributed by atoms with Gasteiger partial charge in [0.05, 0.1) is 53.6 Å². The highest BCUT2D eigenvalue weighted by Gasteiger charge is 2.52. The Labute approximate surface area is 340 Å². The molecule has 1 atom stereocenters. The minimum absolute atomic E-state index is 0.0201. The van der Waals surface area contributed by atoms with E-state index in [-0.39, 0.29) is 40.5 Å². The molecule has 13 heteroatoms. The molecule has 0 N–H and O–H groups in total. The Balaban J connectivity index is 1.26. The third kappa shape index (κ3) is 9.54. The quantitative estimate of drug-likeness (QED) is 0.0756. The zero-order chi connectivity index (χ0) is 40.3. The molecule has 0 amide bonds. The SMILES string of the molecule is COc1ccc(-c2ccc(COC[C@H](COS(=O)(=O)c3ccc(C)cc3)Oc3c(Cl)cc(B4OC(C)(C)C(C)(C)O4)cc3Cl)c(-c3ccc(OC)cc3)c2)cc1. The highest BCUT2D eigenvalue weighted by Crippen LogP contribution is 2.39. The number of methoxy groups -OCH3 is 2. The molecule has 294 valence electrons. The second-order valence-electron chi connectivity index (χ2n) is 14.5. The summed E-state index contributed by atoms with van der Waals surface area (Å²) in [6.45, 7) is 9.40. The van der Waals surface area contributed by atoms with Crippen molar-refractivity contribution < 1.29 is 40.9 Å². The van der Waals surface area contributed by atoms with E-state index in [4.69, 9.17) is 55.6 Å². The van der Waals surface area contributed by atoms with Crippen molar-refractivity contribution in [3.63, 3.8) is 0 Å². The van der Waals surface area contributed by atoms with E-state index in [0.717, 1.165) is 44.9 Å². The summed E-state index contributed by atoms with van der Waals surface area (Å²) < 4.78 is 67.8. The van der Waals surface area contributed by atoms with Crippen LogP contribution in [0.5, 0.6) is 17.2 Å². The van der Waals surface area contributed by atoms with Gasteiger partial charge in [-0.05, 0) is 122 Å².